The third kappa shape index (κ3) is 5.03. The fraction of sp³-hybridized carbons (Fsp3) is 0.562. The van der Waals surface area contributed by atoms with Gasteiger partial charge in [0.25, 0.3) is 0 Å². The van der Waals surface area contributed by atoms with E-state index in [-0.39, 0.29) is 5.97 Å². The van der Waals surface area contributed by atoms with Gasteiger partial charge in [-0.3, -0.25) is 4.79 Å². The molecule has 0 spiro atoms. The van der Waals surface area contributed by atoms with Crippen molar-refractivity contribution in [1.29, 1.82) is 0 Å². The smallest absolute Gasteiger partial charge is 0.305 e. The second-order valence-corrected chi connectivity index (χ2v) is 5.10. The van der Waals surface area contributed by atoms with Crippen LogP contribution < -0.4 is 5.32 Å². The standard InChI is InChI=1S/C16H23NO2/c1-2-19-16(18)7-4-10-17-12-13-5-3-6-15(11-13)14-8-9-14/h3,5-6,11,14,17H,2,4,7-10,12H2,1H3. The van der Waals surface area contributed by atoms with Crippen LogP contribution in [0.25, 0.3) is 0 Å². The highest BCUT2D eigenvalue weighted by atomic mass is 16.5. The minimum Gasteiger partial charge on any atom is -0.466 e. The molecule has 1 aliphatic carbocycles. The number of carbonyl (C=O) groups is 1. The van der Waals surface area contributed by atoms with E-state index in [1.807, 2.05) is 6.92 Å². The first-order valence-electron chi connectivity index (χ1n) is 7.24. The number of hydrogen-bond acceptors (Lipinski definition) is 3. The molecule has 1 aliphatic rings. The molecule has 0 bridgehead atoms. The van der Waals surface area contributed by atoms with Gasteiger partial charge < -0.3 is 10.1 Å². The molecule has 0 saturated heterocycles. The molecular formula is C16H23NO2. The third-order valence-corrected chi connectivity index (χ3v) is 3.37. The summed E-state index contributed by atoms with van der Waals surface area (Å²) in [5.41, 5.74) is 2.81. The maximum atomic E-state index is 11.2. The molecule has 1 N–H and O–H groups in total. The SMILES string of the molecule is CCOC(=O)CCCNCc1cccc(C2CC2)c1. The molecule has 0 aromatic heterocycles. The highest BCUT2D eigenvalue weighted by Crippen LogP contribution is 2.40. The second kappa shape index (κ2) is 7.29. The molecule has 2 rings (SSSR count). The van der Waals surface area contributed by atoms with Crippen LogP contribution in [0.5, 0.6) is 0 Å². The first-order chi connectivity index (χ1) is 9.29. The summed E-state index contributed by atoms with van der Waals surface area (Å²) >= 11 is 0. The van der Waals surface area contributed by atoms with Crippen molar-refractivity contribution >= 4 is 5.97 Å². The summed E-state index contributed by atoms with van der Waals surface area (Å²) in [6.45, 7) is 4.04. The molecule has 104 valence electrons. The Kier molecular flexibility index (Phi) is 5.40. The Bertz CT molecular complexity index is 413. The van der Waals surface area contributed by atoms with Crippen molar-refractivity contribution in [2.75, 3.05) is 13.2 Å². The van der Waals surface area contributed by atoms with Gasteiger partial charge in [0.15, 0.2) is 0 Å². The molecule has 3 nitrogen and oxygen atoms in total. The van der Waals surface area contributed by atoms with Crippen LogP contribution >= 0.6 is 0 Å². The average molecular weight is 261 g/mol. The molecule has 0 radical (unpaired) electrons. The summed E-state index contributed by atoms with van der Waals surface area (Å²) < 4.78 is 4.89. The summed E-state index contributed by atoms with van der Waals surface area (Å²) in [6.07, 6.45) is 4.02. The van der Waals surface area contributed by atoms with E-state index in [0.29, 0.717) is 13.0 Å². The fourth-order valence-corrected chi connectivity index (χ4v) is 2.20. The minimum atomic E-state index is -0.0972. The zero-order valence-electron chi connectivity index (χ0n) is 11.7. The predicted octanol–water partition coefficient (Wildman–Crippen LogP) is 3.00. The van der Waals surface area contributed by atoms with Gasteiger partial charge >= 0.3 is 5.97 Å². The number of hydrogen-bond donors (Lipinski definition) is 1. The molecule has 0 atom stereocenters. The van der Waals surface area contributed by atoms with E-state index >= 15 is 0 Å². The lowest BCUT2D eigenvalue weighted by atomic mass is 10.1. The van der Waals surface area contributed by atoms with Crippen molar-refractivity contribution in [3.8, 4) is 0 Å². The molecular weight excluding hydrogens is 238 g/mol. The summed E-state index contributed by atoms with van der Waals surface area (Å²) in [4.78, 5) is 11.2. The maximum absolute atomic E-state index is 11.2. The fourth-order valence-electron chi connectivity index (χ4n) is 2.20. The number of carbonyl (C=O) groups excluding carboxylic acids is 1. The molecule has 0 heterocycles. The van der Waals surface area contributed by atoms with Crippen molar-refractivity contribution < 1.29 is 9.53 Å². The lowest BCUT2D eigenvalue weighted by Crippen LogP contribution is -2.16. The number of rotatable bonds is 8. The highest BCUT2D eigenvalue weighted by molar-refractivity contribution is 5.69. The summed E-state index contributed by atoms with van der Waals surface area (Å²) in [7, 11) is 0. The van der Waals surface area contributed by atoms with Gasteiger partial charge in [-0.05, 0) is 49.8 Å². The third-order valence-electron chi connectivity index (χ3n) is 3.37. The number of nitrogens with one attached hydrogen (secondary N) is 1. The monoisotopic (exact) mass is 261 g/mol. The van der Waals surface area contributed by atoms with Crippen LogP contribution in [0, 0.1) is 0 Å². The molecule has 0 unspecified atom stereocenters. The molecule has 1 fully saturated rings. The van der Waals surface area contributed by atoms with Gasteiger partial charge in [-0.25, -0.2) is 0 Å². The van der Waals surface area contributed by atoms with Crippen LogP contribution in [0.2, 0.25) is 0 Å². The van der Waals surface area contributed by atoms with Crippen molar-refractivity contribution in [3.63, 3.8) is 0 Å². The summed E-state index contributed by atoms with van der Waals surface area (Å²) in [6, 6.07) is 8.82. The normalized spacial score (nSPS) is 14.4. The van der Waals surface area contributed by atoms with Crippen LogP contribution in [-0.4, -0.2) is 19.1 Å². The molecule has 1 aromatic carbocycles. The zero-order valence-corrected chi connectivity index (χ0v) is 11.7. The molecule has 0 amide bonds. The van der Waals surface area contributed by atoms with Crippen LogP contribution in [0.15, 0.2) is 24.3 Å². The average Bonchev–Trinajstić information content (AvgIpc) is 3.23. The van der Waals surface area contributed by atoms with E-state index in [0.717, 1.165) is 25.4 Å². The van der Waals surface area contributed by atoms with Crippen LogP contribution in [-0.2, 0) is 16.1 Å². The van der Waals surface area contributed by atoms with E-state index < -0.39 is 0 Å². The van der Waals surface area contributed by atoms with Gasteiger partial charge in [-0.15, -0.1) is 0 Å². The lowest BCUT2D eigenvalue weighted by molar-refractivity contribution is -0.143. The second-order valence-electron chi connectivity index (χ2n) is 5.10. The van der Waals surface area contributed by atoms with E-state index in [9.17, 15) is 4.79 Å². The van der Waals surface area contributed by atoms with E-state index in [1.54, 1.807) is 0 Å². The number of benzene rings is 1. The van der Waals surface area contributed by atoms with Gasteiger partial charge in [-0.1, -0.05) is 24.3 Å². The van der Waals surface area contributed by atoms with Crippen molar-refractivity contribution in [1.82, 2.24) is 5.32 Å². The molecule has 1 saturated carbocycles. The van der Waals surface area contributed by atoms with Gasteiger partial charge in [-0.2, -0.15) is 0 Å². The summed E-state index contributed by atoms with van der Waals surface area (Å²) in [5.74, 6) is 0.712. The Hall–Kier alpha value is -1.35. The Balaban J connectivity index is 1.62. The van der Waals surface area contributed by atoms with Crippen LogP contribution in [0.4, 0.5) is 0 Å². The quantitative estimate of drug-likeness (QED) is 0.577. The van der Waals surface area contributed by atoms with E-state index in [4.69, 9.17) is 4.74 Å². The van der Waals surface area contributed by atoms with E-state index in [1.165, 1.54) is 24.0 Å². The first kappa shape index (κ1) is 14.1. The summed E-state index contributed by atoms with van der Waals surface area (Å²) in [5, 5.41) is 3.38. The number of ether oxygens (including phenoxy) is 1. The van der Waals surface area contributed by atoms with Crippen LogP contribution in [0.3, 0.4) is 0 Å². The first-order valence-corrected chi connectivity index (χ1v) is 7.24. The molecule has 19 heavy (non-hydrogen) atoms. The van der Waals surface area contributed by atoms with Gasteiger partial charge in [0.05, 0.1) is 6.61 Å². The van der Waals surface area contributed by atoms with E-state index in [2.05, 4.69) is 29.6 Å². The number of esters is 1. The zero-order chi connectivity index (χ0) is 13.5. The highest BCUT2D eigenvalue weighted by Gasteiger charge is 2.23. The van der Waals surface area contributed by atoms with Gasteiger partial charge in [0.1, 0.15) is 0 Å². The molecule has 1 aromatic rings. The van der Waals surface area contributed by atoms with Crippen molar-refractivity contribution in [2.24, 2.45) is 0 Å². The Morgan fingerprint density at radius 2 is 2.26 bits per heavy atom. The van der Waals surface area contributed by atoms with Gasteiger partial charge in [0.2, 0.25) is 0 Å². The molecule has 0 aliphatic heterocycles. The van der Waals surface area contributed by atoms with Crippen LogP contribution in [0.1, 0.15) is 49.7 Å². The Morgan fingerprint density at radius 3 is 3.00 bits per heavy atom. The largest absolute Gasteiger partial charge is 0.466 e. The Morgan fingerprint density at radius 1 is 1.42 bits per heavy atom. The van der Waals surface area contributed by atoms with Gasteiger partial charge in [0, 0.05) is 13.0 Å². The maximum Gasteiger partial charge on any atom is 0.305 e. The minimum absolute atomic E-state index is 0.0972. The topological polar surface area (TPSA) is 38.3 Å². The van der Waals surface area contributed by atoms with Crippen molar-refractivity contribution in [3.05, 3.63) is 35.4 Å². The van der Waals surface area contributed by atoms with Crippen molar-refractivity contribution in [2.45, 2.75) is 45.1 Å². The molecule has 3 heteroatoms. The lowest BCUT2D eigenvalue weighted by Gasteiger charge is -2.06. The predicted molar refractivity (Wildman–Crippen MR) is 76.0 cm³/mol. The Labute approximate surface area is 115 Å².